The quantitative estimate of drug-likeness (QED) is 0.181. The molecule has 3 heteroatoms. The number of fused-ring (bicyclic) bond motifs is 6. The van der Waals surface area contributed by atoms with Crippen molar-refractivity contribution < 1.29 is 0 Å². The lowest BCUT2D eigenvalue weighted by molar-refractivity contribution is 0.166. The minimum Gasteiger partial charge on any atom is -0.308 e. The Balaban J connectivity index is 1.29. The average Bonchev–Trinajstić information content (AvgIpc) is 3.53. The predicted octanol–water partition coefficient (Wildman–Crippen LogP) is 14.4. The van der Waals surface area contributed by atoms with E-state index in [2.05, 4.69) is 94.5 Å². The van der Waals surface area contributed by atoms with Crippen LogP contribution in [0.5, 0.6) is 0 Å². The summed E-state index contributed by atoms with van der Waals surface area (Å²) in [4.78, 5) is 0. The molecule has 6 aromatic rings. The molecule has 2 heterocycles. The molecular formula is C53H55N3. The third-order valence-electron chi connectivity index (χ3n) is 16.7. The highest BCUT2D eigenvalue weighted by molar-refractivity contribution is 6.26. The van der Waals surface area contributed by atoms with Crippen LogP contribution in [0.3, 0.4) is 0 Å². The van der Waals surface area contributed by atoms with Crippen LogP contribution >= 0.6 is 0 Å². The number of aromatic nitrogens is 1. The van der Waals surface area contributed by atoms with E-state index >= 15 is 0 Å². The SMILES string of the molecule is CC(C)c1cc(C(C)C)c(-c2cc3c4c5c(c(C#N)cc4n4c6cc(C#N)c7c(c6c(c2)c34)C2CC3CC(CC7C3)C2)C2CC3CC(C2)CC5C3)c(C(C)C)c1. The molecule has 4 fully saturated rings. The fraction of sp³-hybridized carbons (Fsp3) is 0.509. The Kier molecular flexibility index (Phi) is 7.01. The summed E-state index contributed by atoms with van der Waals surface area (Å²) in [6.07, 6.45) is 12.8. The third kappa shape index (κ3) is 4.39. The molecule has 3 nitrogen and oxygen atoms in total. The van der Waals surface area contributed by atoms with Crippen LogP contribution in [0.1, 0.15) is 197 Å². The van der Waals surface area contributed by atoms with E-state index in [1.54, 1.807) is 0 Å². The van der Waals surface area contributed by atoms with Crippen LogP contribution in [-0.2, 0) is 0 Å². The van der Waals surface area contributed by atoms with Gasteiger partial charge in [-0.25, -0.2) is 0 Å². The summed E-state index contributed by atoms with van der Waals surface area (Å²) in [6.45, 7) is 14.2. The normalized spacial score (nSPS) is 28.6. The molecule has 4 saturated carbocycles. The Labute approximate surface area is 332 Å². The lowest BCUT2D eigenvalue weighted by Gasteiger charge is -2.38. The van der Waals surface area contributed by atoms with Gasteiger partial charge in [-0.1, -0.05) is 53.7 Å². The zero-order valence-corrected chi connectivity index (χ0v) is 34.2. The molecular weight excluding hydrogens is 679 g/mol. The van der Waals surface area contributed by atoms with Crippen molar-refractivity contribution in [1.29, 1.82) is 10.5 Å². The molecule has 14 rings (SSSR count). The summed E-state index contributed by atoms with van der Waals surface area (Å²) in [5.74, 6) is 6.37. The van der Waals surface area contributed by atoms with Gasteiger partial charge in [0.25, 0.3) is 0 Å². The number of hydrogen-bond acceptors (Lipinski definition) is 2. The van der Waals surface area contributed by atoms with Crippen molar-refractivity contribution >= 4 is 38.1 Å². The Morgan fingerprint density at radius 1 is 0.500 bits per heavy atom. The van der Waals surface area contributed by atoms with Gasteiger partial charge in [-0.05, 0) is 204 Å². The molecule has 56 heavy (non-hydrogen) atoms. The van der Waals surface area contributed by atoms with Crippen LogP contribution in [0, 0.1) is 46.3 Å². The Morgan fingerprint density at radius 2 is 0.893 bits per heavy atom. The molecule has 0 saturated heterocycles. The molecule has 0 N–H and O–H groups in total. The van der Waals surface area contributed by atoms with E-state index in [9.17, 15) is 10.5 Å². The van der Waals surface area contributed by atoms with Gasteiger partial charge in [-0.15, -0.1) is 0 Å². The molecule has 4 unspecified atom stereocenters. The highest BCUT2D eigenvalue weighted by Crippen LogP contribution is 2.62. The van der Waals surface area contributed by atoms with Crippen molar-refractivity contribution in [2.24, 2.45) is 23.7 Å². The number of rotatable bonds is 4. The number of nitriles is 2. The molecule has 8 bridgehead atoms. The Morgan fingerprint density at radius 3 is 1.25 bits per heavy atom. The van der Waals surface area contributed by atoms with E-state index in [0.29, 0.717) is 41.4 Å². The van der Waals surface area contributed by atoms with Gasteiger partial charge >= 0.3 is 0 Å². The van der Waals surface area contributed by atoms with Crippen molar-refractivity contribution in [1.82, 2.24) is 4.40 Å². The van der Waals surface area contributed by atoms with Gasteiger partial charge < -0.3 is 4.40 Å². The summed E-state index contributed by atoms with van der Waals surface area (Å²) in [6, 6.07) is 20.5. The van der Waals surface area contributed by atoms with Crippen LogP contribution in [-0.4, -0.2) is 4.40 Å². The number of nitrogens with zero attached hydrogens (tertiary/aromatic N) is 3. The molecule has 8 aliphatic carbocycles. The maximum Gasteiger partial charge on any atom is 0.0995 e. The van der Waals surface area contributed by atoms with Crippen molar-refractivity contribution in [2.75, 3.05) is 0 Å². The van der Waals surface area contributed by atoms with Crippen LogP contribution in [0.15, 0.2) is 36.4 Å². The number of benzene rings is 4. The van der Waals surface area contributed by atoms with E-state index in [1.807, 2.05) is 0 Å². The Bertz CT molecular complexity index is 2570. The topological polar surface area (TPSA) is 52.0 Å². The first kappa shape index (κ1) is 33.8. The maximum atomic E-state index is 11.0. The first-order chi connectivity index (χ1) is 27.1. The fourth-order valence-electron chi connectivity index (χ4n) is 14.9. The molecule has 282 valence electrons. The van der Waals surface area contributed by atoms with E-state index < -0.39 is 0 Å². The summed E-state index contributed by atoms with van der Waals surface area (Å²) in [5.41, 5.74) is 18.6. The minimum atomic E-state index is 0.389. The van der Waals surface area contributed by atoms with Crippen LogP contribution in [0.25, 0.3) is 49.2 Å². The molecule has 0 amide bonds. The van der Waals surface area contributed by atoms with E-state index in [1.165, 1.54) is 152 Å². The van der Waals surface area contributed by atoms with Crippen molar-refractivity contribution in [3.63, 3.8) is 0 Å². The zero-order chi connectivity index (χ0) is 38.0. The number of hydrogen-bond donors (Lipinski definition) is 0. The van der Waals surface area contributed by atoms with Gasteiger partial charge in [0.2, 0.25) is 0 Å². The lowest BCUT2D eigenvalue weighted by atomic mass is 9.67. The van der Waals surface area contributed by atoms with E-state index in [4.69, 9.17) is 0 Å². The molecule has 0 aliphatic heterocycles. The second kappa shape index (κ2) is 11.6. The lowest BCUT2D eigenvalue weighted by Crippen LogP contribution is -2.25. The second-order valence-electron chi connectivity index (χ2n) is 20.9. The fourth-order valence-corrected chi connectivity index (χ4v) is 14.9. The Hall–Kier alpha value is -4.34. The first-order valence-corrected chi connectivity index (χ1v) is 22.5. The van der Waals surface area contributed by atoms with Crippen LogP contribution in [0.2, 0.25) is 0 Å². The molecule has 0 radical (unpaired) electrons. The largest absolute Gasteiger partial charge is 0.308 e. The molecule has 4 atom stereocenters. The van der Waals surface area contributed by atoms with Crippen molar-refractivity contribution in [3.8, 4) is 23.3 Å². The van der Waals surface area contributed by atoms with E-state index in [0.717, 1.165) is 34.8 Å². The van der Waals surface area contributed by atoms with Crippen LogP contribution in [0.4, 0.5) is 0 Å². The summed E-state index contributed by atoms with van der Waals surface area (Å²) >= 11 is 0. The minimum absolute atomic E-state index is 0.389. The summed E-state index contributed by atoms with van der Waals surface area (Å²) < 4.78 is 2.57. The van der Waals surface area contributed by atoms with Gasteiger partial charge in [0.05, 0.1) is 39.8 Å². The van der Waals surface area contributed by atoms with Gasteiger partial charge in [0.1, 0.15) is 0 Å². The smallest absolute Gasteiger partial charge is 0.0995 e. The van der Waals surface area contributed by atoms with Gasteiger partial charge in [-0.3, -0.25) is 0 Å². The highest BCUT2D eigenvalue weighted by Gasteiger charge is 2.47. The van der Waals surface area contributed by atoms with Crippen molar-refractivity contribution in [2.45, 2.75) is 147 Å². The van der Waals surface area contributed by atoms with E-state index in [-0.39, 0.29) is 0 Å². The summed E-state index contributed by atoms with van der Waals surface area (Å²) in [7, 11) is 0. The summed E-state index contributed by atoms with van der Waals surface area (Å²) in [5, 5.41) is 27.6. The standard InChI is InChI=1S/C53H55N3/c1-25(2)32-17-40(26(3)4)48(41(18-32)27(5)6)37-19-42-51-44(21-38(23-54)46-33-9-28-7-29(10-33)14-35(13-28)49(46)51)56-45-22-39(24-55)47-34-11-30-8-31(12-34)16-36(15-30)50(47)52(45)43(20-37)53(42)56/h17-22,25-31,33-36H,7-16H2,1-6H3. The first-order valence-electron chi connectivity index (χ1n) is 22.5. The predicted molar refractivity (Wildman–Crippen MR) is 229 cm³/mol. The maximum absolute atomic E-state index is 11.0. The van der Waals surface area contributed by atoms with Crippen LogP contribution < -0.4 is 0 Å². The van der Waals surface area contributed by atoms with Gasteiger partial charge in [-0.2, -0.15) is 10.5 Å². The average molecular weight is 734 g/mol. The highest BCUT2D eigenvalue weighted by atomic mass is 14.9. The zero-order valence-electron chi connectivity index (χ0n) is 34.2. The van der Waals surface area contributed by atoms with Crippen molar-refractivity contribution in [3.05, 3.63) is 86.5 Å². The second-order valence-corrected chi connectivity index (χ2v) is 20.9. The van der Waals surface area contributed by atoms with Gasteiger partial charge in [0, 0.05) is 21.5 Å². The molecule has 8 aliphatic rings. The molecule has 0 spiro atoms. The third-order valence-corrected chi connectivity index (χ3v) is 16.7. The molecule has 2 aromatic heterocycles. The van der Waals surface area contributed by atoms with Gasteiger partial charge in [0.15, 0.2) is 0 Å². The molecule has 4 aromatic carbocycles. The monoisotopic (exact) mass is 733 g/mol.